The second-order valence-electron chi connectivity index (χ2n) is 5.24. The third-order valence-corrected chi connectivity index (χ3v) is 4.07. The minimum absolute atomic E-state index is 0.0129. The summed E-state index contributed by atoms with van der Waals surface area (Å²) in [5.41, 5.74) is -0.0352. The number of amides is 2. The Morgan fingerprint density at radius 2 is 2.00 bits per heavy atom. The summed E-state index contributed by atoms with van der Waals surface area (Å²) in [5, 5.41) is 14.8. The van der Waals surface area contributed by atoms with E-state index in [0.29, 0.717) is 0 Å². The molecule has 2 aromatic rings. The molecule has 1 aromatic heterocycles. The summed E-state index contributed by atoms with van der Waals surface area (Å²) >= 11 is 0.970. The van der Waals surface area contributed by atoms with Crippen molar-refractivity contribution in [1.29, 1.82) is 0 Å². The van der Waals surface area contributed by atoms with Gasteiger partial charge in [0, 0.05) is 6.92 Å². The van der Waals surface area contributed by atoms with E-state index >= 15 is 0 Å². The number of anilines is 1. The zero-order chi connectivity index (χ0) is 18.4. The molecule has 2 rings (SSSR count). The molecule has 8 nitrogen and oxygen atoms in total. The molecule has 0 aliphatic heterocycles. The number of nitrogens with zero attached hydrogens (tertiary/aromatic N) is 1. The number of nitrogens with one attached hydrogen (secondary N) is 3. The predicted octanol–water partition coefficient (Wildman–Crippen LogP) is 1.40. The van der Waals surface area contributed by atoms with Crippen molar-refractivity contribution in [3.8, 4) is 5.88 Å². The molecule has 0 unspecified atom stereocenters. The number of carbonyl (C=O) groups excluding carboxylic acids is 2. The monoisotopic (exact) mass is 362 g/mol. The number of carbonyl (C=O) groups is 2. The topological polar surface area (TPSA) is 124 Å². The fourth-order valence-electron chi connectivity index (χ4n) is 2.04. The van der Waals surface area contributed by atoms with E-state index in [2.05, 4.69) is 20.6 Å². The summed E-state index contributed by atoms with van der Waals surface area (Å²) in [5.74, 6) is -1.33. The second kappa shape index (κ2) is 8.34. The Kier molecular flexibility index (Phi) is 6.18. The Hall–Kier alpha value is -2.81. The van der Waals surface area contributed by atoms with Crippen LogP contribution in [0.2, 0.25) is 0 Å². The van der Waals surface area contributed by atoms with Crippen LogP contribution < -0.4 is 16.2 Å². The number of aromatic nitrogens is 2. The number of aromatic hydroxyl groups is 1. The van der Waals surface area contributed by atoms with E-state index in [1.165, 1.54) is 6.92 Å². The first-order valence-corrected chi connectivity index (χ1v) is 8.43. The van der Waals surface area contributed by atoms with Gasteiger partial charge in [-0.25, -0.2) is 0 Å². The molecule has 0 spiro atoms. The molecule has 0 saturated heterocycles. The van der Waals surface area contributed by atoms with Crippen molar-refractivity contribution in [2.75, 3.05) is 11.1 Å². The highest BCUT2D eigenvalue weighted by Gasteiger charge is 2.14. The molecule has 1 aromatic carbocycles. The Bertz CT molecular complexity index is 823. The average Bonchev–Trinajstić information content (AvgIpc) is 2.57. The van der Waals surface area contributed by atoms with Gasteiger partial charge in [-0.15, -0.1) is 0 Å². The van der Waals surface area contributed by atoms with Gasteiger partial charge in [0.2, 0.25) is 17.7 Å². The molecule has 4 N–H and O–H groups in total. The highest BCUT2D eigenvalue weighted by atomic mass is 32.2. The summed E-state index contributed by atoms with van der Waals surface area (Å²) in [4.78, 5) is 41.0. The number of H-pyrrole nitrogens is 1. The molecular weight excluding hydrogens is 344 g/mol. The van der Waals surface area contributed by atoms with Gasteiger partial charge >= 0.3 is 0 Å². The van der Waals surface area contributed by atoms with E-state index < -0.39 is 17.3 Å². The lowest BCUT2D eigenvalue weighted by Crippen LogP contribution is -2.28. The van der Waals surface area contributed by atoms with E-state index in [-0.39, 0.29) is 28.5 Å². The first kappa shape index (κ1) is 18.5. The summed E-state index contributed by atoms with van der Waals surface area (Å²) < 4.78 is 0. The standard InChI is InChI=1S/C16H18N4O4S/c1-9(11-6-4-3-5-7-11)17-12(22)8-25-16-19-14(23)13(15(24)20-16)18-10(2)21/h3-7,9H,8H2,1-2H3,(H,17,22)(H,18,21)(H2,19,20,23,24)/t9-/m0/s1. The van der Waals surface area contributed by atoms with Crippen molar-refractivity contribution >= 4 is 29.3 Å². The highest BCUT2D eigenvalue weighted by Crippen LogP contribution is 2.20. The molecule has 132 valence electrons. The Morgan fingerprint density at radius 1 is 1.32 bits per heavy atom. The molecule has 0 aliphatic carbocycles. The van der Waals surface area contributed by atoms with Crippen LogP contribution in [0.15, 0.2) is 40.3 Å². The quantitative estimate of drug-likeness (QED) is 0.455. The molecule has 0 bridgehead atoms. The van der Waals surface area contributed by atoms with Crippen LogP contribution in [0.25, 0.3) is 0 Å². The number of hydrogen-bond acceptors (Lipinski definition) is 6. The van der Waals surface area contributed by atoms with Crippen LogP contribution in [0, 0.1) is 0 Å². The SMILES string of the molecule is CC(=O)Nc1c(O)nc(SCC(=O)N[C@@H](C)c2ccccc2)[nH]c1=O. The van der Waals surface area contributed by atoms with E-state index in [4.69, 9.17) is 0 Å². The van der Waals surface area contributed by atoms with Crippen molar-refractivity contribution in [2.45, 2.75) is 25.0 Å². The van der Waals surface area contributed by atoms with Crippen LogP contribution in [0.5, 0.6) is 5.88 Å². The lowest BCUT2D eigenvalue weighted by atomic mass is 10.1. The Morgan fingerprint density at radius 3 is 2.60 bits per heavy atom. The van der Waals surface area contributed by atoms with Gasteiger partial charge in [-0.05, 0) is 12.5 Å². The smallest absolute Gasteiger partial charge is 0.279 e. The molecule has 9 heteroatoms. The fourth-order valence-corrected chi connectivity index (χ4v) is 2.71. The largest absolute Gasteiger partial charge is 0.492 e. The van der Waals surface area contributed by atoms with Crippen molar-refractivity contribution in [3.63, 3.8) is 0 Å². The van der Waals surface area contributed by atoms with E-state index in [9.17, 15) is 19.5 Å². The van der Waals surface area contributed by atoms with Gasteiger partial charge in [-0.2, -0.15) is 4.98 Å². The molecular formula is C16H18N4O4S. The number of thioether (sulfide) groups is 1. The van der Waals surface area contributed by atoms with Crippen molar-refractivity contribution in [1.82, 2.24) is 15.3 Å². The van der Waals surface area contributed by atoms with Gasteiger partial charge < -0.3 is 15.7 Å². The summed E-state index contributed by atoms with van der Waals surface area (Å²) in [6.45, 7) is 3.08. The number of hydrogen-bond donors (Lipinski definition) is 4. The zero-order valence-electron chi connectivity index (χ0n) is 13.7. The van der Waals surface area contributed by atoms with Crippen LogP contribution in [-0.2, 0) is 9.59 Å². The molecule has 1 atom stereocenters. The lowest BCUT2D eigenvalue weighted by Gasteiger charge is -2.14. The predicted molar refractivity (Wildman–Crippen MR) is 94.5 cm³/mol. The molecule has 1 heterocycles. The minimum atomic E-state index is -0.691. The highest BCUT2D eigenvalue weighted by molar-refractivity contribution is 7.99. The lowest BCUT2D eigenvalue weighted by molar-refractivity contribution is -0.119. The van der Waals surface area contributed by atoms with Gasteiger partial charge in [0.05, 0.1) is 11.8 Å². The minimum Gasteiger partial charge on any atom is -0.492 e. The molecule has 0 saturated carbocycles. The maximum Gasteiger partial charge on any atom is 0.279 e. The van der Waals surface area contributed by atoms with Crippen LogP contribution in [0.3, 0.4) is 0 Å². The normalized spacial score (nSPS) is 11.6. The van der Waals surface area contributed by atoms with Gasteiger partial charge in [0.25, 0.3) is 5.56 Å². The first-order chi connectivity index (χ1) is 11.9. The molecule has 25 heavy (non-hydrogen) atoms. The molecule has 0 aliphatic rings. The first-order valence-electron chi connectivity index (χ1n) is 7.44. The van der Waals surface area contributed by atoms with Gasteiger partial charge in [-0.1, -0.05) is 42.1 Å². The molecule has 0 fully saturated rings. The van der Waals surface area contributed by atoms with E-state index in [1.807, 2.05) is 37.3 Å². The zero-order valence-corrected chi connectivity index (χ0v) is 14.5. The number of benzene rings is 1. The van der Waals surface area contributed by atoms with Gasteiger partial charge in [-0.3, -0.25) is 19.4 Å². The van der Waals surface area contributed by atoms with Crippen LogP contribution in [0.4, 0.5) is 5.69 Å². The van der Waals surface area contributed by atoms with Crippen molar-refractivity contribution in [2.24, 2.45) is 0 Å². The Labute approximate surface area is 148 Å². The summed E-state index contributed by atoms with van der Waals surface area (Å²) in [6, 6.07) is 9.34. The third-order valence-electron chi connectivity index (χ3n) is 3.20. The Balaban J connectivity index is 1.96. The summed E-state index contributed by atoms with van der Waals surface area (Å²) in [6.07, 6.45) is 0. The van der Waals surface area contributed by atoms with Crippen molar-refractivity contribution < 1.29 is 14.7 Å². The van der Waals surface area contributed by atoms with Crippen LogP contribution in [0.1, 0.15) is 25.5 Å². The van der Waals surface area contributed by atoms with E-state index in [1.54, 1.807) is 0 Å². The van der Waals surface area contributed by atoms with Gasteiger partial charge in [0.15, 0.2) is 10.8 Å². The number of aromatic amines is 1. The maximum atomic E-state index is 12.0. The van der Waals surface area contributed by atoms with Crippen LogP contribution in [-0.4, -0.2) is 32.6 Å². The van der Waals surface area contributed by atoms with Crippen LogP contribution >= 0.6 is 11.8 Å². The van der Waals surface area contributed by atoms with E-state index in [0.717, 1.165) is 17.3 Å². The maximum absolute atomic E-state index is 12.0. The average molecular weight is 362 g/mol. The fraction of sp³-hybridized carbons (Fsp3) is 0.250. The molecule has 0 radical (unpaired) electrons. The van der Waals surface area contributed by atoms with Gasteiger partial charge in [0.1, 0.15) is 0 Å². The number of rotatable bonds is 6. The summed E-state index contributed by atoms with van der Waals surface area (Å²) in [7, 11) is 0. The second-order valence-corrected chi connectivity index (χ2v) is 6.20. The third kappa shape index (κ3) is 5.35. The molecule has 2 amide bonds. The van der Waals surface area contributed by atoms with Crippen molar-refractivity contribution in [3.05, 3.63) is 46.2 Å².